The number of carbonyl (C=O) groups excluding carboxylic acids is 1. The number of esters is 1. The van der Waals surface area contributed by atoms with Crippen molar-refractivity contribution in [2.24, 2.45) is 0 Å². The number of nitrogens with zero attached hydrogens (tertiary/aromatic N) is 2. The molecule has 2 N–H and O–H groups in total. The number of phenols is 1. The van der Waals surface area contributed by atoms with Crippen molar-refractivity contribution < 1.29 is 38.7 Å². The lowest BCUT2D eigenvalue weighted by Crippen LogP contribution is -2.06. The van der Waals surface area contributed by atoms with Crippen LogP contribution in [0.2, 0.25) is 0 Å². The van der Waals surface area contributed by atoms with E-state index in [0.717, 1.165) is 0 Å². The van der Waals surface area contributed by atoms with Gasteiger partial charge in [-0.15, -0.1) is 0 Å². The second-order valence-electron chi connectivity index (χ2n) is 6.27. The summed E-state index contributed by atoms with van der Waals surface area (Å²) in [6.45, 7) is -0.0830. The molecule has 11 nitrogen and oxygen atoms in total. The fourth-order valence-electron chi connectivity index (χ4n) is 2.78. The molecule has 0 radical (unpaired) electrons. The Balaban J connectivity index is 1.83. The first-order valence-corrected chi connectivity index (χ1v) is 9.00. The molecule has 0 unspecified atom stereocenters. The summed E-state index contributed by atoms with van der Waals surface area (Å²) in [5.41, 5.74) is -0.0477. The number of aromatic nitrogens is 1. The Labute approximate surface area is 180 Å². The summed E-state index contributed by atoms with van der Waals surface area (Å²) in [5, 5.41) is 33.6. The molecule has 0 amide bonds. The second kappa shape index (κ2) is 9.43. The molecule has 0 aliphatic carbocycles. The minimum absolute atomic E-state index is 0.0765. The van der Waals surface area contributed by atoms with Gasteiger partial charge in [0.25, 0.3) is 5.69 Å². The van der Waals surface area contributed by atoms with E-state index in [0.29, 0.717) is 5.56 Å². The number of hydrogen-bond acceptors (Lipinski definition) is 9. The zero-order chi connectivity index (χ0) is 23.3. The topological polar surface area (TPSA) is 162 Å². The molecule has 32 heavy (non-hydrogen) atoms. The zero-order valence-corrected chi connectivity index (χ0v) is 16.5. The van der Waals surface area contributed by atoms with Gasteiger partial charge in [0.1, 0.15) is 23.7 Å². The summed E-state index contributed by atoms with van der Waals surface area (Å²) in [6, 6.07) is 9.57. The van der Waals surface area contributed by atoms with E-state index in [1.165, 1.54) is 61.7 Å². The van der Waals surface area contributed by atoms with Gasteiger partial charge >= 0.3 is 11.9 Å². The van der Waals surface area contributed by atoms with Crippen LogP contribution in [0.4, 0.5) is 5.69 Å². The van der Waals surface area contributed by atoms with Crippen LogP contribution >= 0.6 is 0 Å². The maximum Gasteiger partial charge on any atom is 0.358 e. The third kappa shape index (κ3) is 4.73. The summed E-state index contributed by atoms with van der Waals surface area (Å²) in [6.07, 6.45) is 2.90. The second-order valence-corrected chi connectivity index (χ2v) is 6.27. The van der Waals surface area contributed by atoms with E-state index in [4.69, 9.17) is 14.4 Å². The quantitative estimate of drug-likeness (QED) is 0.301. The Morgan fingerprint density at radius 1 is 1.25 bits per heavy atom. The third-order valence-corrected chi connectivity index (χ3v) is 4.26. The molecule has 2 aromatic carbocycles. The first kappa shape index (κ1) is 22.0. The molecule has 0 atom stereocenters. The number of carboxylic acid groups (broad SMARTS) is 1. The minimum atomic E-state index is -1.27. The molecule has 1 aromatic heterocycles. The van der Waals surface area contributed by atoms with Crippen molar-refractivity contribution >= 4 is 23.7 Å². The molecule has 0 saturated carbocycles. The van der Waals surface area contributed by atoms with E-state index in [2.05, 4.69) is 9.89 Å². The van der Waals surface area contributed by atoms with Crippen molar-refractivity contribution in [3.8, 4) is 22.8 Å². The molecule has 164 valence electrons. The van der Waals surface area contributed by atoms with Crippen LogP contribution in [0.5, 0.6) is 11.5 Å². The van der Waals surface area contributed by atoms with Gasteiger partial charge in [0, 0.05) is 17.7 Å². The Bertz CT molecular complexity index is 1210. The van der Waals surface area contributed by atoms with Gasteiger partial charge in [0.15, 0.2) is 11.5 Å². The summed E-state index contributed by atoms with van der Waals surface area (Å²) >= 11 is 0. The normalized spacial score (nSPS) is 10.8. The molecule has 0 aliphatic rings. The maximum atomic E-state index is 11.8. The van der Waals surface area contributed by atoms with Crippen molar-refractivity contribution in [1.82, 2.24) is 5.16 Å². The number of methoxy groups -OCH3 is 1. The molecule has 11 heteroatoms. The molecular weight excluding hydrogens is 424 g/mol. The Morgan fingerprint density at radius 3 is 2.69 bits per heavy atom. The number of phenolic OH excluding ortho intramolecular Hbond substituents is 1. The van der Waals surface area contributed by atoms with Gasteiger partial charge in [-0.2, -0.15) is 0 Å². The van der Waals surface area contributed by atoms with E-state index in [1.807, 2.05) is 0 Å². The average Bonchev–Trinajstić information content (AvgIpc) is 3.27. The van der Waals surface area contributed by atoms with Crippen molar-refractivity contribution in [3.63, 3.8) is 0 Å². The molecule has 0 saturated heterocycles. The smallest absolute Gasteiger partial charge is 0.358 e. The Hall–Kier alpha value is -4.67. The van der Waals surface area contributed by atoms with Gasteiger partial charge in [-0.05, 0) is 36.4 Å². The standard InChI is InChI=1S/C21H16N2O9/c1-30-21(27)19-16(24)5-2-6-17(19)31-9-3-4-12-10-13(7-8-15(12)23(28)29)18-11-14(20(25)26)22-32-18/h2-8,10-11,24H,9H2,1H3,(H,25,26)/b4-3+. The van der Waals surface area contributed by atoms with Crippen molar-refractivity contribution in [1.29, 1.82) is 0 Å². The summed E-state index contributed by atoms with van der Waals surface area (Å²) in [4.78, 5) is 33.6. The number of aromatic hydroxyl groups is 1. The summed E-state index contributed by atoms with van der Waals surface area (Å²) in [7, 11) is 1.17. The lowest BCUT2D eigenvalue weighted by molar-refractivity contribution is -0.385. The van der Waals surface area contributed by atoms with Crippen LogP contribution in [-0.4, -0.2) is 45.9 Å². The predicted molar refractivity (Wildman–Crippen MR) is 110 cm³/mol. The highest BCUT2D eigenvalue weighted by molar-refractivity contribution is 5.95. The van der Waals surface area contributed by atoms with Crippen molar-refractivity contribution in [2.45, 2.75) is 0 Å². The fraction of sp³-hybridized carbons (Fsp3) is 0.0952. The van der Waals surface area contributed by atoms with E-state index in [-0.39, 0.29) is 46.4 Å². The molecule has 0 spiro atoms. The SMILES string of the molecule is COC(=O)c1c(O)cccc1OC/C=C/c1cc(-c2cc(C(=O)O)no2)ccc1[N+](=O)[O-]. The van der Waals surface area contributed by atoms with Gasteiger partial charge in [-0.25, -0.2) is 9.59 Å². The van der Waals surface area contributed by atoms with E-state index in [9.17, 15) is 24.8 Å². The van der Waals surface area contributed by atoms with Crippen LogP contribution in [0.25, 0.3) is 17.4 Å². The monoisotopic (exact) mass is 440 g/mol. The minimum Gasteiger partial charge on any atom is -0.507 e. The number of hydrogen-bond donors (Lipinski definition) is 2. The van der Waals surface area contributed by atoms with E-state index in [1.54, 1.807) is 0 Å². The highest BCUT2D eigenvalue weighted by atomic mass is 16.6. The number of aromatic carboxylic acids is 1. The lowest BCUT2D eigenvalue weighted by atomic mass is 10.1. The Kier molecular flexibility index (Phi) is 6.49. The first-order chi connectivity index (χ1) is 15.3. The number of benzene rings is 2. The Morgan fingerprint density at radius 2 is 2.03 bits per heavy atom. The summed E-state index contributed by atoms with van der Waals surface area (Å²) < 4.78 is 15.1. The molecule has 0 aliphatic heterocycles. The van der Waals surface area contributed by atoms with Crippen LogP contribution in [0.3, 0.4) is 0 Å². The van der Waals surface area contributed by atoms with E-state index < -0.39 is 16.9 Å². The van der Waals surface area contributed by atoms with Gasteiger partial charge in [-0.1, -0.05) is 11.2 Å². The predicted octanol–water partition coefficient (Wildman–Crippen LogP) is 3.53. The van der Waals surface area contributed by atoms with Gasteiger partial charge in [0.2, 0.25) is 0 Å². The van der Waals surface area contributed by atoms with Crippen LogP contribution in [0.15, 0.2) is 53.1 Å². The average molecular weight is 440 g/mol. The van der Waals surface area contributed by atoms with Crippen LogP contribution < -0.4 is 4.74 Å². The van der Waals surface area contributed by atoms with Crippen LogP contribution in [0.1, 0.15) is 26.4 Å². The molecule has 3 rings (SSSR count). The molecule has 0 fully saturated rings. The number of carboxylic acids is 1. The number of ether oxygens (including phenoxy) is 2. The fourth-order valence-corrected chi connectivity index (χ4v) is 2.78. The van der Waals surface area contributed by atoms with E-state index >= 15 is 0 Å². The van der Waals surface area contributed by atoms with Gasteiger partial charge < -0.3 is 24.2 Å². The number of nitro groups is 1. The zero-order valence-electron chi connectivity index (χ0n) is 16.5. The van der Waals surface area contributed by atoms with Crippen molar-refractivity contribution in [3.05, 3.63) is 75.5 Å². The molecular formula is C21H16N2O9. The molecule has 0 bridgehead atoms. The highest BCUT2D eigenvalue weighted by Gasteiger charge is 2.19. The summed E-state index contributed by atoms with van der Waals surface area (Å²) in [5.74, 6) is -2.15. The molecule has 3 aromatic rings. The van der Waals surface area contributed by atoms with Crippen molar-refractivity contribution in [2.75, 3.05) is 13.7 Å². The number of rotatable bonds is 8. The van der Waals surface area contributed by atoms with Crippen LogP contribution in [-0.2, 0) is 4.74 Å². The van der Waals surface area contributed by atoms with Gasteiger partial charge in [-0.3, -0.25) is 10.1 Å². The first-order valence-electron chi connectivity index (χ1n) is 9.00. The largest absolute Gasteiger partial charge is 0.507 e. The third-order valence-electron chi connectivity index (χ3n) is 4.26. The molecule has 1 heterocycles. The number of nitro benzene ring substituents is 1. The maximum absolute atomic E-state index is 11.8. The lowest BCUT2D eigenvalue weighted by Gasteiger charge is -2.10. The van der Waals surface area contributed by atoms with Crippen LogP contribution in [0, 0.1) is 10.1 Å². The highest BCUT2D eigenvalue weighted by Crippen LogP contribution is 2.30. The van der Waals surface area contributed by atoms with Gasteiger partial charge in [0.05, 0.1) is 17.6 Å². The number of carbonyl (C=O) groups is 2.